The van der Waals surface area contributed by atoms with Crippen LogP contribution in [0.4, 0.5) is 0 Å². The van der Waals surface area contributed by atoms with Crippen LogP contribution in [0.5, 0.6) is 0 Å². The first-order chi connectivity index (χ1) is 8.22. The molecule has 1 N–H and O–H groups in total. The Bertz CT molecular complexity index is 468. The Kier molecular flexibility index (Phi) is 3.43. The molecule has 88 valence electrons. The van der Waals surface area contributed by atoms with Crippen LogP contribution in [-0.2, 0) is 0 Å². The van der Waals surface area contributed by atoms with Crippen molar-refractivity contribution in [2.24, 2.45) is 0 Å². The molecule has 17 heavy (non-hydrogen) atoms. The Labute approximate surface area is 101 Å². The number of benzene rings is 1. The maximum absolute atomic E-state index is 11.2. The predicted octanol–water partition coefficient (Wildman–Crippen LogP) is 3.30. The van der Waals surface area contributed by atoms with Gasteiger partial charge in [-0.25, -0.2) is 4.79 Å². The van der Waals surface area contributed by atoms with Gasteiger partial charge in [-0.15, -0.1) is 0 Å². The van der Waals surface area contributed by atoms with Gasteiger partial charge in [0.25, 0.3) is 0 Å². The van der Waals surface area contributed by atoms with Gasteiger partial charge in [0, 0.05) is 0 Å². The van der Waals surface area contributed by atoms with E-state index in [0.29, 0.717) is 17.0 Å². The van der Waals surface area contributed by atoms with Gasteiger partial charge in [-0.1, -0.05) is 19.3 Å². The topological polar surface area (TPSA) is 61.1 Å². The molecule has 0 saturated heterocycles. The van der Waals surface area contributed by atoms with Gasteiger partial charge in [0.05, 0.1) is 17.2 Å². The summed E-state index contributed by atoms with van der Waals surface area (Å²) in [5.74, 6) is -0.585. The van der Waals surface area contributed by atoms with E-state index in [9.17, 15) is 9.90 Å². The number of aromatic carboxylic acids is 1. The fourth-order valence-electron chi connectivity index (χ4n) is 2.58. The van der Waals surface area contributed by atoms with E-state index < -0.39 is 5.97 Å². The monoisotopic (exact) mass is 229 g/mol. The Balaban J connectivity index is 2.41. The van der Waals surface area contributed by atoms with Gasteiger partial charge in [0.2, 0.25) is 0 Å². The van der Waals surface area contributed by atoms with Gasteiger partial charge in [-0.05, 0) is 42.5 Å². The first-order valence-corrected chi connectivity index (χ1v) is 5.99. The molecule has 0 radical (unpaired) electrons. The van der Waals surface area contributed by atoms with E-state index in [-0.39, 0.29) is 0 Å². The van der Waals surface area contributed by atoms with E-state index in [1.54, 1.807) is 18.2 Å². The molecule has 1 saturated carbocycles. The van der Waals surface area contributed by atoms with Gasteiger partial charge in [0.15, 0.2) is 0 Å². The minimum atomic E-state index is -0.893. The van der Waals surface area contributed by atoms with E-state index >= 15 is 0 Å². The third-order valence-electron chi connectivity index (χ3n) is 3.46. The first kappa shape index (κ1) is 11.7. The normalized spacial score (nSPS) is 16.4. The number of nitrogens with zero attached hydrogens (tertiary/aromatic N) is 1. The van der Waals surface area contributed by atoms with Crippen molar-refractivity contribution in [2.75, 3.05) is 0 Å². The molecule has 1 aromatic rings. The quantitative estimate of drug-likeness (QED) is 0.846. The summed E-state index contributed by atoms with van der Waals surface area (Å²) >= 11 is 0. The lowest BCUT2D eigenvalue weighted by Crippen LogP contribution is -2.11. The summed E-state index contributed by atoms with van der Waals surface area (Å²) in [6, 6.07) is 6.97. The lowest BCUT2D eigenvalue weighted by molar-refractivity contribution is 0.0694. The van der Waals surface area contributed by atoms with Crippen LogP contribution in [0.3, 0.4) is 0 Å². The highest BCUT2D eigenvalue weighted by Crippen LogP contribution is 2.34. The largest absolute Gasteiger partial charge is 0.478 e. The molecule has 1 aliphatic carbocycles. The molecule has 3 nitrogen and oxygen atoms in total. The molecule has 0 aromatic heterocycles. The number of carboxylic acid groups (broad SMARTS) is 1. The summed E-state index contributed by atoms with van der Waals surface area (Å²) in [7, 11) is 0. The first-order valence-electron chi connectivity index (χ1n) is 5.99. The molecule has 0 spiro atoms. The van der Waals surface area contributed by atoms with Crippen molar-refractivity contribution in [3.05, 3.63) is 34.9 Å². The van der Waals surface area contributed by atoms with Crippen LogP contribution in [0.1, 0.15) is 59.5 Å². The Morgan fingerprint density at radius 2 is 2.00 bits per heavy atom. The lowest BCUT2D eigenvalue weighted by atomic mass is 9.81. The summed E-state index contributed by atoms with van der Waals surface area (Å²) in [6.07, 6.45) is 5.61. The Morgan fingerprint density at radius 3 is 2.59 bits per heavy atom. The molecule has 1 fully saturated rings. The summed E-state index contributed by atoms with van der Waals surface area (Å²) in [4.78, 5) is 11.2. The predicted molar refractivity (Wildman–Crippen MR) is 63.9 cm³/mol. The summed E-state index contributed by atoms with van der Waals surface area (Å²) in [5, 5.41) is 18.1. The highest BCUT2D eigenvalue weighted by atomic mass is 16.4. The molecule has 3 heteroatoms. The molecular formula is C14H15NO2. The van der Waals surface area contributed by atoms with Crippen molar-refractivity contribution in [3.63, 3.8) is 0 Å². The standard InChI is InChI=1S/C14H15NO2/c15-9-10-6-7-12(14(16)17)13(8-10)11-4-2-1-3-5-11/h6-8,11H,1-5H2,(H,16,17). The van der Waals surface area contributed by atoms with E-state index in [1.165, 1.54) is 6.42 Å². The summed E-state index contributed by atoms with van der Waals surface area (Å²) in [6.45, 7) is 0. The zero-order chi connectivity index (χ0) is 12.3. The van der Waals surface area contributed by atoms with E-state index in [2.05, 4.69) is 6.07 Å². The molecule has 2 rings (SSSR count). The molecular weight excluding hydrogens is 214 g/mol. The van der Waals surface area contributed by atoms with Crippen LogP contribution < -0.4 is 0 Å². The number of hydrogen-bond acceptors (Lipinski definition) is 2. The van der Waals surface area contributed by atoms with Crippen LogP contribution >= 0.6 is 0 Å². The second-order valence-corrected chi connectivity index (χ2v) is 4.55. The Hall–Kier alpha value is -1.82. The van der Waals surface area contributed by atoms with Crippen molar-refractivity contribution in [1.29, 1.82) is 5.26 Å². The van der Waals surface area contributed by atoms with Gasteiger partial charge < -0.3 is 5.11 Å². The maximum atomic E-state index is 11.2. The Morgan fingerprint density at radius 1 is 1.29 bits per heavy atom. The van der Waals surface area contributed by atoms with Crippen molar-refractivity contribution in [2.45, 2.75) is 38.0 Å². The highest BCUT2D eigenvalue weighted by molar-refractivity contribution is 5.89. The minimum absolute atomic E-state index is 0.308. The second kappa shape index (κ2) is 5.01. The second-order valence-electron chi connectivity index (χ2n) is 4.55. The van der Waals surface area contributed by atoms with Crippen LogP contribution in [0.25, 0.3) is 0 Å². The fraction of sp³-hybridized carbons (Fsp3) is 0.429. The zero-order valence-corrected chi connectivity index (χ0v) is 9.65. The number of rotatable bonds is 2. The van der Waals surface area contributed by atoms with Crippen LogP contribution in [-0.4, -0.2) is 11.1 Å². The lowest BCUT2D eigenvalue weighted by Gasteiger charge is -2.23. The molecule has 1 aromatic carbocycles. The van der Waals surface area contributed by atoms with Crippen LogP contribution in [0.2, 0.25) is 0 Å². The van der Waals surface area contributed by atoms with Crippen molar-refractivity contribution >= 4 is 5.97 Å². The fourth-order valence-corrected chi connectivity index (χ4v) is 2.58. The number of hydrogen-bond donors (Lipinski definition) is 1. The molecule has 0 unspecified atom stereocenters. The van der Waals surface area contributed by atoms with Crippen LogP contribution in [0, 0.1) is 11.3 Å². The average molecular weight is 229 g/mol. The molecule has 0 atom stereocenters. The molecule has 1 aliphatic rings. The summed E-state index contributed by atoms with van der Waals surface area (Å²) in [5.41, 5.74) is 1.75. The zero-order valence-electron chi connectivity index (χ0n) is 9.65. The van der Waals surface area contributed by atoms with E-state index in [4.69, 9.17) is 5.26 Å². The van der Waals surface area contributed by atoms with Crippen LogP contribution in [0.15, 0.2) is 18.2 Å². The van der Waals surface area contributed by atoms with Crippen molar-refractivity contribution in [3.8, 4) is 6.07 Å². The van der Waals surface area contributed by atoms with Gasteiger partial charge in [-0.3, -0.25) is 0 Å². The van der Waals surface area contributed by atoms with E-state index in [0.717, 1.165) is 31.2 Å². The summed E-state index contributed by atoms with van der Waals surface area (Å²) < 4.78 is 0. The molecule has 0 bridgehead atoms. The molecule has 0 amide bonds. The van der Waals surface area contributed by atoms with Gasteiger partial charge >= 0.3 is 5.97 Å². The maximum Gasteiger partial charge on any atom is 0.335 e. The van der Waals surface area contributed by atoms with Crippen molar-refractivity contribution < 1.29 is 9.90 Å². The third-order valence-corrected chi connectivity index (χ3v) is 3.46. The van der Waals surface area contributed by atoms with E-state index in [1.807, 2.05) is 0 Å². The number of carboxylic acids is 1. The number of carbonyl (C=O) groups is 1. The van der Waals surface area contributed by atoms with Gasteiger partial charge in [-0.2, -0.15) is 5.26 Å². The highest BCUT2D eigenvalue weighted by Gasteiger charge is 2.21. The SMILES string of the molecule is N#Cc1ccc(C(=O)O)c(C2CCCCC2)c1. The third kappa shape index (κ3) is 2.47. The smallest absolute Gasteiger partial charge is 0.335 e. The van der Waals surface area contributed by atoms with Crippen molar-refractivity contribution in [1.82, 2.24) is 0 Å². The average Bonchev–Trinajstić information content (AvgIpc) is 2.39. The number of nitriles is 1. The molecule has 0 heterocycles. The minimum Gasteiger partial charge on any atom is -0.478 e. The molecule has 0 aliphatic heterocycles. The van der Waals surface area contributed by atoms with Gasteiger partial charge in [0.1, 0.15) is 0 Å².